The molecule has 0 spiro atoms. The van der Waals surface area contributed by atoms with Crippen molar-refractivity contribution in [3.05, 3.63) is 58.9 Å². The Hall–Kier alpha value is -2.67. The van der Waals surface area contributed by atoms with Crippen LogP contribution in [0.3, 0.4) is 0 Å². The summed E-state index contributed by atoms with van der Waals surface area (Å²) < 4.78 is 0. The minimum Gasteiger partial charge on any atom is -0.340 e. The number of anilines is 1. The van der Waals surface area contributed by atoms with Crippen molar-refractivity contribution in [2.45, 2.75) is 13.8 Å². The number of hydrogen-bond acceptors (Lipinski definition) is 3. The van der Waals surface area contributed by atoms with Gasteiger partial charge in [0.25, 0.3) is 0 Å². The number of nitrogens with zero attached hydrogens (tertiary/aromatic N) is 2. The Morgan fingerprint density at radius 2 is 2.11 bits per heavy atom. The first-order valence-corrected chi connectivity index (χ1v) is 5.90. The van der Waals surface area contributed by atoms with Gasteiger partial charge in [-0.3, -0.25) is 10.4 Å². The molecular weight excluding hydrogens is 236 g/mol. The van der Waals surface area contributed by atoms with Gasteiger partial charge in [0, 0.05) is 23.1 Å². The van der Waals surface area contributed by atoms with E-state index < -0.39 is 0 Å². The Labute approximate surface area is 112 Å². The SMILES string of the molecule is Cc1cc(NC(=N)c2cccnc2C)ccc1C#N. The van der Waals surface area contributed by atoms with Crippen molar-refractivity contribution >= 4 is 11.5 Å². The summed E-state index contributed by atoms with van der Waals surface area (Å²) in [5.41, 5.74) is 3.91. The molecule has 0 bridgehead atoms. The van der Waals surface area contributed by atoms with Gasteiger partial charge in [0.15, 0.2) is 0 Å². The van der Waals surface area contributed by atoms with Crippen LogP contribution in [0, 0.1) is 30.6 Å². The van der Waals surface area contributed by atoms with Crippen molar-refractivity contribution in [1.29, 1.82) is 10.7 Å². The molecule has 2 aromatic rings. The van der Waals surface area contributed by atoms with E-state index in [1.807, 2.05) is 32.0 Å². The van der Waals surface area contributed by atoms with Crippen LogP contribution in [-0.4, -0.2) is 10.8 Å². The predicted molar refractivity (Wildman–Crippen MR) is 75.3 cm³/mol. The van der Waals surface area contributed by atoms with Crippen LogP contribution in [0.2, 0.25) is 0 Å². The summed E-state index contributed by atoms with van der Waals surface area (Å²) in [5.74, 6) is 0.301. The number of pyridine rings is 1. The molecule has 1 heterocycles. The molecule has 1 aromatic carbocycles. The van der Waals surface area contributed by atoms with Crippen LogP contribution in [-0.2, 0) is 0 Å². The molecule has 94 valence electrons. The van der Waals surface area contributed by atoms with E-state index in [1.54, 1.807) is 18.3 Å². The van der Waals surface area contributed by atoms with Crippen molar-refractivity contribution in [2.24, 2.45) is 0 Å². The highest BCUT2D eigenvalue weighted by atomic mass is 14.9. The number of amidine groups is 1. The van der Waals surface area contributed by atoms with Gasteiger partial charge in [0.1, 0.15) is 5.84 Å². The first kappa shape index (κ1) is 12.8. The molecule has 0 aliphatic carbocycles. The second-order valence-electron chi connectivity index (χ2n) is 4.28. The standard InChI is InChI=1S/C15H14N4/c1-10-8-13(6-5-12(10)9-16)19-15(17)14-4-3-7-18-11(14)2/h3-8H,1-2H3,(H2,17,19). The minimum absolute atomic E-state index is 0.301. The summed E-state index contributed by atoms with van der Waals surface area (Å²) in [7, 11) is 0. The summed E-state index contributed by atoms with van der Waals surface area (Å²) >= 11 is 0. The average molecular weight is 250 g/mol. The molecule has 2 rings (SSSR count). The molecule has 0 aliphatic heterocycles. The lowest BCUT2D eigenvalue weighted by molar-refractivity contribution is 1.18. The summed E-state index contributed by atoms with van der Waals surface area (Å²) in [6.07, 6.45) is 1.71. The van der Waals surface area contributed by atoms with Crippen molar-refractivity contribution in [1.82, 2.24) is 4.98 Å². The van der Waals surface area contributed by atoms with E-state index in [2.05, 4.69) is 16.4 Å². The Balaban J connectivity index is 2.23. The van der Waals surface area contributed by atoms with E-state index in [9.17, 15) is 0 Å². The largest absolute Gasteiger partial charge is 0.340 e. The van der Waals surface area contributed by atoms with Crippen molar-refractivity contribution in [3.8, 4) is 6.07 Å². The third-order valence-corrected chi connectivity index (χ3v) is 2.89. The maximum absolute atomic E-state index is 8.88. The maximum atomic E-state index is 8.88. The van der Waals surface area contributed by atoms with Crippen molar-refractivity contribution in [2.75, 3.05) is 5.32 Å². The number of nitrogens with one attached hydrogen (secondary N) is 2. The molecule has 2 N–H and O–H groups in total. The van der Waals surface area contributed by atoms with Gasteiger partial charge in [-0.15, -0.1) is 0 Å². The summed E-state index contributed by atoms with van der Waals surface area (Å²) in [4.78, 5) is 4.16. The normalized spacial score (nSPS) is 9.74. The zero-order valence-electron chi connectivity index (χ0n) is 10.9. The number of aromatic nitrogens is 1. The zero-order chi connectivity index (χ0) is 13.8. The Bertz CT molecular complexity index is 668. The molecule has 19 heavy (non-hydrogen) atoms. The van der Waals surface area contributed by atoms with E-state index in [0.717, 1.165) is 22.5 Å². The second kappa shape index (κ2) is 5.32. The van der Waals surface area contributed by atoms with Crippen LogP contribution in [0.1, 0.15) is 22.4 Å². The summed E-state index contributed by atoms with van der Waals surface area (Å²) in [5, 5.41) is 20.0. The minimum atomic E-state index is 0.301. The molecule has 0 saturated carbocycles. The monoisotopic (exact) mass is 250 g/mol. The van der Waals surface area contributed by atoms with E-state index in [-0.39, 0.29) is 0 Å². The first-order chi connectivity index (χ1) is 9.11. The van der Waals surface area contributed by atoms with E-state index in [0.29, 0.717) is 11.4 Å². The van der Waals surface area contributed by atoms with Gasteiger partial charge < -0.3 is 5.32 Å². The molecule has 4 nitrogen and oxygen atoms in total. The van der Waals surface area contributed by atoms with Crippen molar-refractivity contribution in [3.63, 3.8) is 0 Å². The summed E-state index contributed by atoms with van der Waals surface area (Å²) in [6.45, 7) is 3.75. The Morgan fingerprint density at radius 1 is 1.32 bits per heavy atom. The molecule has 1 aromatic heterocycles. The van der Waals surface area contributed by atoms with Crippen LogP contribution >= 0.6 is 0 Å². The van der Waals surface area contributed by atoms with Gasteiger partial charge in [-0.2, -0.15) is 5.26 Å². The maximum Gasteiger partial charge on any atom is 0.131 e. The Kier molecular flexibility index (Phi) is 3.58. The highest BCUT2D eigenvalue weighted by molar-refractivity contribution is 6.06. The lowest BCUT2D eigenvalue weighted by atomic mass is 10.1. The average Bonchev–Trinajstić information content (AvgIpc) is 2.39. The number of hydrogen-bond donors (Lipinski definition) is 2. The van der Waals surface area contributed by atoms with Gasteiger partial charge in [0.2, 0.25) is 0 Å². The molecule has 4 heteroatoms. The van der Waals surface area contributed by atoms with Crippen LogP contribution in [0.25, 0.3) is 0 Å². The van der Waals surface area contributed by atoms with Gasteiger partial charge in [0.05, 0.1) is 11.6 Å². The topological polar surface area (TPSA) is 72.6 Å². The molecule has 0 radical (unpaired) electrons. The fraction of sp³-hybridized carbons (Fsp3) is 0.133. The van der Waals surface area contributed by atoms with Gasteiger partial charge >= 0.3 is 0 Å². The van der Waals surface area contributed by atoms with Gasteiger partial charge in [-0.25, -0.2) is 0 Å². The van der Waals surface area contributed by atoms with Crippen LogP contribution in [0.5, 0.6) is 0 Å². The van der Waals surface area contributed by atoms with Gasteiger partial charge in [-0.1, -0.05) is 0 Å². The highest BCUT2D eigenvalue weighted by Crippen LogP contribution is 2.16. The second-order valence-corrected chi connectivity index (χ2v) is 4.28. The van der Waals surface area contributed by atoms with Crippen LogP contribution in [0.15, 0.2) is 36.5 Å². The Morgan fingerprint density at radius 3 is 2.74 bits per heavy atom. The van der Waals surface area contributed by atoms with Crippen molar-refractivity contribution < 1.29 is 0 Å². The zero-order valence-corrected chi connectivity index (χ0v) is 10.9. The molecule has 0 fully saturated rings. The molecule has 0 unspecified atom stereocenters. The van der Waals surface area contributed by atoms with Gasteiger partial charge in [-0.05, 0) is 49.7 Å². The first-order valence-electron chi connectivity index (χ1n) is 5.90. The lowest BCUT2D eigenvalue weighted by Crippen LogP contribution is -2.14. The van der Waals surface area contributed by atoms with Crippen LogP contribution < -0.4 is 5.32 Å². The highest BCUT2D eigenvalue weighted by Gasteiger charge is 2.06. The summed E-state index contributed by atoms with van der Waals surface area (Å²) in [6, 6.07) is 11.2. The van der Waals surface area contributed by atoms with E-state index >= 15 is 0 Å². The van der Waals surface area contributed by atoms with E-state index in [4.69, 9.17) is 10.7 Å². The molecule has 0 saturated heterocycles. The predicted octanol–water partition coefficient (Wildman–Crippen LogP) is 3.01. The van der Waals surface area contributed by atoms with E-state index in [1.165, 1.54) is 0 Å². The fourth-order valence-corrected chi connectivity index (χ4v) is 1.83. The molecular formula is C15H14N4. The molecule has 0 atom stereocenters. The quantitative estimate of drug-likeness (QED) is 0.635. The molecule has 0 amide bonds. The smallest absolute Gasteiger partial charge is 0.131 e. The number of aryl methyl sites for hydroxylation is 2. The third kappa shape index (κ3) is 2.78. The number of benzene rings is 1. The number of rotatable bonds is 2. The fourth-order valence-electron chi connectivity index (χ4n) is 1.83. The van der Waals surface area contributed by atoms with Crippen LogP contribution in [0.4, 0.5) is 5.69 Å². The third-order valence-electron chi connectivity index (χ3n) is 2.89. The lowest BCUT2D eigenvalue weighted by Gasteiger charge is -2.10. The number of nitriles is 1. The molecule has 0 aliphatic rings.